The molecule has 0 bridgehead atoms. The minimum absolute atomic E-state index is 0.121. The van der Waals surface area contributed by atoms with E-state index in [0.29, 0.717) is 0 Å². The lowest BCUT2D eigenvalue weighted by atomic mass is 9.90. The first-order valence-corrected chi connectivity index (χ1v) is 11.1. The number of hydrogen-bond acceptors (Lipinski definition) is 3. The van der Waals surface area contributed by atoms with E-state index in [1.165, 1.54) is 0 Å². The van der Waals surface area contributed by atoms with Crippen LogP contribution in [0.2, 0.25) is 12.6 Å². The highest BCUT2D eigenvalue weighted by molar-refractivity contribution is 6.63. The minimum Gasteiger partial charge on any atom is -0.411 e. The van der Waals surface area contributed by atoms with Gasteiger partial charge < -0.3 is 14.9 Å². The van der Waals surface area contributed by atoms with E-state index in [-0.39, 0.29) is 19.0 Å². The maximum atomic E-state index is 13.5. The highest BCUT2D eigenvalue weighted by Gasteiger charge is 2.93. The summed E-state index contributed by atoms with van der Waals surface area (Å²) in [5.74, 6) is -52.0. The van der Waals surface area contributed by atoms with Gasteiger partial charge in [-0.25, -0.2) is 4.39 Å². The Balaban J connectivity index is 5.95. The third kappa shape index (κ3) is 5.74. The predicted octanol–water partition coefficient (Wildman–Crippen LogP) is 5.25. The molecule has 0 aliphatic rings. The Bertz CT molecular complexity index is 728. The SMILES string of the molecule is C[Si](O)(O)CCCNC/C=C(\F)C(F)(F)C(F)(F)C(F)(F)C(F)(F)C(F)(F)C(F)(F)C(F)(F)F. The molecule has 0 aliphatic carbocycles. The van der Waals surface area contributed by atoms with Crippen molar-refractivity contribution < 1.29 is 79.8 Å². The molecule has 34 heavy (non-hydrogen) atoms. The highest BCUT2D eigenvalue weighted by atomic mass is 28.4. The Morgan fingerprint density at radius 2 is 1.09 bits per heavy atom. The van der Waals surface area contributed by atoms with Gasteiger partial charge in [0.25, 0.3) is 0 Å². The van der Waals surface area contributed by atoms with Gasteiger partial charge in [0.2, 0.25) is 0 Å². The number of rotatable bonds is 12. The summed E-state index contributed by atoms with van der Waals surface area (Å²) in [6.45, 7) is -0.529. The monoisotopic (exact) mass is 561 g/mol. The van der Waals surface area contributed by atoms with Gasteiger partial charge in [0.05, 0.1) is 0 Å². The van der Waals surface area contributed by atoms with Crippen molar-refractivity contribution in [2.75, 3.05) is 13.1 Å². The van der Waals surface area contributed by atoms with Gasteiger partial charge in [-0.3, -0.25) is 0 Å². The fourth-order valence-electron chi connectivity index (χ4n) is 2.06. The minimum atomic E-state index is -8.48. The second-order valence-electron chi connectivity index (χ2n) is 7.02. The molecule has 0 fully saturated rings. The average Bonchev–Trinajstić information content (AvgIpc) is 2.61. The standard InChI is InChI=1S/C14H15F16NO2Si/c1-34(32,33)6-2-4-31-5-3-7(15)8(16,17)9(18,19)10(20,21)11(22,23)12(24,25)13(26,27)14(28,29)30/h3,31-33H,2,4-6H2,1H3/b7-3-. The van der Waals surface area contributed by atoms with Crippen LogP contribution in [-0.4, -0.2) is 73.0 Å². The molecule has 0 saturated heterocycles. The van der Waals surface area contributed by atoms with Gasteiger partial charge in [-0.1, -0.05) is 0 Å². The molecule has 0 aromatic rings. The molecule has 20 heteroatoms. The van der Waals surface area contributed by atoms with Crippen molar-refractivity contribution in [1.82, 2.24) is 5.32 Å². The summed E-state index contributed by atoms with van der Waals surface area (Å²) in [5, 5.41) is 1.97. The maximum Gasteiger partial charge on any atom is 0.460 e. The zero-order valence-corrected chi connectivity index (χ0v) is 17.3. The molecular weight excluding hydrogens is 546 g/mol. The van der Waals surface area contributed by atoms with Crippen molar-refractivity contribution >= 4 is 8.56 Å². The molecule has 3 N–H and O–H groups in total. The van der Waals surface area contributed by atoms with Crippen LogP contribution in [0.15, 0.2) is 11.9 Å². The molecule has 0 heterocycles. The lowest BCUT2D eigenvalue weighted by Crippen LogP contribution is -2.72. The van der Waals surface area contributed by atoms with Crippen LogP contribution in [0.3, 0.4) is 0 Å². The van der Waals surface area contributed by atoms with Crippen molar-refractivity contribution in [1.29, 1.82) is 0 Å². The molecule has 0 atom stereocenters. The third-order valence-electron chi connectivity index (χ3n) is 4.06. The fourth-order valence-corrected chi connectivity index (χ4v) is 2.90. The molecular formula is C14H15F16NO2Si. The Morgan fingerprint density at radius 1 is 0.706 bits per heavy atom. The largest absolute Gasteiger partial charge is 0.460 e. The summed E-state index contributed by atoms with van der Waals surface area (Å²) >= 11 is 0. The highest BCUT2D eigenvalue weighted by Crippen LogP contribution is 2.63. The van der Waals surface area contributed by atoms with Crippen LogP contribution in [0.4, 0.5) is 70.2 Å². The fraction of sp³-hybridized carbons (Fsp3) is 0.857. The quantitative estimate of drug-likeness (QED) is 0.174. The Labute approximate surface area is 180 Å². The van der Waals surface area contributed by atoms with Crippen molar-refractivity contribution in [3.05, 3.63) is 11.9 Å². The molecule has 0 aromatic heterocycles. The van der Waals surface area contributed by atoms with Crippen molar-refractivity contribution in [3.63, 3.8) is 0 Å². The Morgan fingerprint density at radius 3 is 1.47 bits per heavy atom. The summed E-state index contributed by atoms with van der Waals surface area (Å²) in [5.41, 5.74) is 0. The first-order chi connectivity index (χ1) is 14.6. The molecule has 0 unspecified atom stereocenters. The van der Waals surface area contributed by atoms with E-state index < -0.39 is 68.7 Å². The van der Waals surface area contributed by atoms with E-state index in [1.807, 2.05) is 5.32 Å². The second-order valence-corrected chi connectivity index (χ2v) is 9.95. The lowest BCUT2D eigenvalue weighted by molar-refractivity contribution is -0.450. The molecule has 204 valence electrons. The number of nitrogens with one attached hydrogen (secondary N) is 1. The Hall–Kier alpha value is -1.28. The van der Waals surface area contributed by atoms with E-state index >= 15 is 0 Å². The van der Waals surface area contributed by atoms with Crippen LogP contribution in [0, 0.1) is 0 Å². The molecule has 0 saturated carbocycles. The van der Waals surface area contributed by atoms with Crippen LogP contribution in [0.1, 0.15) is 6.42 Å². The zero-order valence-electron chi connectivity index (χ0n) is 16.3. The predicted molar refractivity (Wildman–Crippen MR) is 83.3 cm³/mol. The smallest absolute Gasteiger partial charge is 0.411 e. The lowest BCUT2D eigenvalue weighted by Gasteiger charge is -2.41. The van der Waals surface area contributed by atoms with E-state index in [9.17, 15) is 70.2 Å². The topological polar surface area (TPSA) is 52.5 Å². The van der Waals surface area contributed by atoms with Gasteiger partial charge in [0, 0.05) is 6.54 Å². The second kappa shape index (κ2) is 9.64. The average molecular weight is 561 g/mol. The van der Waals surface area contributed by atoms with Gasteiger partial charge in [0.1, 0.15) is 0 Å². The molecule has 0 spiro atoms. The number of halogens is 16. The van der Waals surface area contributed by atoms with Crippen LogP contribution in [0.25, 0.3) is 0 Å². The Kier molecular flexibility index (Phi) is 9.28. The van der Waals surface area contributed by atoms with Gasteiger partial charge in [-0.15, -0.1) is 0 Å². The molecule has 0 rings (SSSR count). The van der Waals surface area contributed by atoms with E-state index in [1.54, 1.807) is 0 Å². The molecule has 3 nitrogen and oxygen atoms in total. The van der Waals surface area contributed by atoms with Crippen LogP contribution >= 0.6 is 0 Å². The van der Waals surface area contributed by atoms with E-state index in [4.69, 9.17) is 9.59 Å². The van der Waals surface area contributed by atoms with Gasteiger partial charge in [-0.05, 0) is 31.6 Å². The van der Waals surface area contributed by atoms with E-state index in [0.717, 1.165) is 6.55 Å². The number of hydrogen-bond donors (Lipinski definition) is 3. The van der Waals surface area contributed by atoms with Crippen molar-refractivity contribution in [2.45, 2.75) is 60.7 Å². The summed E-state index contributed by atoms with van der Waals surface area (Å²) in [4.78, 5) is 18.1. The summed E-state index contributed by atoms with van der Waals surface area (Å²) in [7, 11) is -3.56. The molecule has 0 aliphatic heterocycles. The molecule has 0 amide bonds. The van der Waals surface area contributed by atoms with Crippen LogP contribution in [0.5, 0.6) is 0 Å². The maximum absolute atomic E-state index is 13.5. The van der Waals surface area contributed by atoms with Crippen molar-refractivity contribution in [2.24, 2.45) is 0 Å². The molecule has 0 aromatic carbocycles. The molecule has 0 radical (unpaired) electrons. The summed E-state index contributed by atoms with van der Waals surface area (Å²) in [6, 6.07) is -0.238. The summed E-state index contributed by atoms with van der Waals surface area (Å²) in [6.07, 6.45) is -8.49. The normalized spacial score (nSPS) is 16.3. The summed E-state index contributed by atoms with van der Waals surface area (Å²) < 4.78 is 208. The first kappa shape index (κ1) is 32.7. The van der Waals surface area contributed by atoms with Gasteiger partial charge in [-0.2, -0.15) is 65.9 Å². The number of allylic oxidation sites excluding steroid dienone is 1. The zero-order chi connectivity index (χ0) is 27.8. The van der Waals surface area contributed by atoms with Crippen LogP contribution < -0.4 is 5.32 Å². The van der Waals surface area contributed by atoms with Gasteiger partial charge in [0.15, 0.2) is 5.83 Å². The third-order valence-corrected chi connectivity index (χ3v) is 5.36. The van der Waals surface area contributed by atoms with Gasteiger partial charge >= 0.3 is 50.3 Å². The number of alkyl halides is 15. The van der Waals surface area contributed by atoms with Crippen molar-refractivity contribution in [3.8, 4) is 0 Å². The van der Waals surface area contributed by atoms with Crippen LogP contribution in [-0.2, 0) is 0 Å². The first-order valence-electron chi connectivity index (χ1n) is 8.48. The van der Waals surface area contributed by atoms with E-state index in [2.05, 4.69) is 0 Å².